The summed E-state index contributed by atoms with van der Waals surface area (Å²) in [4.78, 5) is 0. The molecule has 11 heavy (non-hydrogen) atoms. The van der Waals surface area contributed by atoms with Gasteiger partial charge in [-0.1, -0.05) is 12.0 Å². The fourth-order valence-electron chi connectivity index (χ4n) is 0.715. The van der Waals surface area contributed by atoms with E-state index >= 15 is 0 Å². The minimum absolute atomic E-state index is 0.925. The summed E-state index contributed by atoms with van der Waals surface area (Å²) >= 11 is 0. The average molecular weight is 149 g/mol. The van der Waals surface area contributed by atoms with Crippen molar-refractivity contribution in [3.05, 3.63) is 23.4 Å². The summed E-state index contributed by atoms with van der Waals surface area (Å²) in [5.41, 5.74) is 2.03. The van der Waals surface area contributed by atoms with Crippen molar-refractivity contribution in [2.75, 3.05) is 6.54 Å². The largest absolute Gasteiger partial charge is 0.386 e. The van der Waals surface area contributed by atoms with Crippen molar-refractivity contribution in [2.24, 2.45) is 0 Å². The van der Waals surface area contributed by atoms with Crippen molar-refractivity contribution in [1.82, 2.24) is 5.32 Å². The number of nitrogens with one attached hydrogen (secondary N) is 1. The lowest BCUT2D eigenvalue weighted by molar-refractivity contribution is 0.875. The third-order valence-corrected chi connectivity index (χ3v) is 1.29. The molecule has 0 fully saturated rings. The fraction of sp³-hybridized carbons (Fsp3) is 0.400. The summed E-state index contributed by atoms with van der Waals surface area (Å²) in [5.74, 6) is 2.57. The van der Waals surface area contributed by atoms with Gasteiger partial charge in [0.2, 0.25) is 0 Å². The maximum Gasteiger partial charge on any atom is 0.0305 e. The Labute approximate surface area is 69.2 Å². The van der Waals surface area contributed by atoms with Gasteiger partial charge >= 0.3 is 0 Å². The Kier molecular flexibility index (Phi) is 5.02. The predicted octanol–water partition coefficient (Wildman–Crippen LogP) is 2.08. The summed E-state index contributed by atoms with van der Waals surface area (Å²) in [7, 11) is 0. The highest BCUT2D eigenvalue weighted by atomic mass is 14.9. The predicted molar refractivity (Wildman–Crippen MR) is 50.0 cm³/mol. The van der Waals surface area contributed by atoms with Crippen molar-refractivity contribution in [3.63, 3.8) is 0 Å². The minimum Gasteiger partial charge on any atom is -0.386 e. The summed E-state index contributed by atoms with van der Waals surface area (Å²) in [6.07, 6.45) is 9.16. The highest BCUT2D eigenvalue weighted by molar-refractivity contribution is 5.31. The van der Waals surface area contributed by atoms with Crippen LogP contribution in [0.3, 0.4) is 0 Å². The van der Waals surface area contributed by atoms with Crippen LogP contribution >= 0.6 is 0 Å². The highest BCUT2D eigenvalue weighted by Crippen LogP contribution is 1.97. The lowest BCUT2D eigenvalue weighted by Crippen LogP contribution is -2.10. The molecule has 0 saturated carbocycles. The van der Waals surface area contributed by atoms with Crippen LogP contribution in [0.15, 0.2) is 23.4 Å². The molecule has 0 unspecified atom stereocenters. The van der Waals surface area contributed by atoms with Crippen LogP contribution < -0.4 is 5.32 Å². The van der Waals surface area contributed by atoms with Gasteiger partial charge in [0.15, 0.2) is 0 Å². The van der Waals surface area contributed by atoms with Gasteiger partial charge < -0.3 is 5.32 Å². The van der Waals surface area contributed by atoms with E-state index in [2.05, 4.69) is 18.2 Å². The Morgan fingerprint density at radius 2 is 2.27 bits per heavy atom. The second kappa shape index (κ2) is 5.61. The molecule has 0 aromatic heterocycles. The van der Waals surface area contributed by atoms with E-state index in [1.165, 1.54) is 0 Å². The molecule has 0 aromatic carbocycles. The molecule has 0 aliphatic rings. The molecule has 0 atom stereocenters. The van der Waals surface area contributed by atoms with E-state index in [1.807, 2.05) is 26.0 Å². The molecule has 0 bridgehead atoms. The lowest BCUT2D eigenvalue weighted by Gasteiger charge is -2.02. The molecule has 0 rings (SSSR count). The second-order valence-corrected chi connectivity index (χ2v) is 2.25. The zero-order valence-corrected chi connectivity index (χ0v) is 7.44. The summed E-state index contributed by atoms with van der Waals surface area (Å²) < 4.78 is 0. The van der Waals surface area contributed by atoms with Crippen LogP contribution in [0.4, 0.5) is 0 Å². The van der Waals surface area contributed by atoms with Gasteiger partial charge in [-0.2, -0.15) is 0 Å². The first kappa shape index (κ1) is 9.84. The van der Waals surface area contributed by atoms with E-state index in [0.717, 1.165) is 17.8 Å². The zero-order valence-electron chi connectivity index (χ0n) is 7.44. The van der Waals surface area contributed by atoms with E-state index in [4.69, 9.17) is 6.42 Å². The van der Waals surface area contributed by atoms with Gasteiger partial charge in [-0.3, -0.25) is 0 Å². The van der Waals surface area contributed by atoms with E-state index in [0.29, 0.717) is 0 Å². The third kappa shape index (κ3) is 4.27. The molecule has 0 amide bonds. The molecule has 0 aromatic rings. The quantitative estimate of drug-likeness (QED) is 0.478. The Bertz CT molecular complexity index is 203. The van der Waals surface area contributed by atoms with Crippen LogP contribution in [0.5, 0.6) is 0 Å². The second-order valence-electron chi connectivity index (χ2n) is 2.25. The summed E-state index contributed by atoms with van der Waals surface area (Å²) in [6.45, 7) is 6.88. The summed E-state index contributed by atoms with van der Waals surface area (Å²) in [5, 5.41) is 3.19. The number of likely N-dealkylation sites (N-methyl/N-ethyl adjacent to an activating group) is 1. The van der Waals surface area contributed by atoms with Crippen molar-refractivity contribution < 1.29 is 0 Å². The van der Waals surface area contributed by atoms with E-state index in [1.54, 1.807) is 0 Å². The number of terminal acetylenes is 1. The van der Waals surface area contributed by atoms with Gasteiger partial charge in [0, 0.05) is 17.8 Å². The summed E-state index contributed by atoms with van der Waals surface area (Å²) in [6, 6.07) is 0. The first-order chi connectivity index (χ1) is 5.24. The molecular formula is C10H15N. The van der Waals surface area contributed by atoms with Gasteiger partial charge in [0.25, 0.3) is 0 Å². The Hall–Kier alpha value is -1.16. The molecule has 0 radical (unpaired) electrons. The molecule has 1 N–H and O–H groups in total. The normalized spacial score (nSPS) is 12.5. The minimum atomic E-state index is 0.925. The number of allylic oxidation sites excluding steroid dienone is 3. The van der Waals surface area contributed by atoms with Crippen molar-refractivity contribution in [3.8, 4) is 12.3 Å². The van der Waals surface area contributed by atoms with Crippen LogP contribution in [-0.4, -0.2) is 6.54 Å². The van der Waals surface area contributed by atoms with Crippen LogP contribution in [0.1, 0.15) is 20.8 Å². The molecule has 60 valence electrons. The molecular weight excluding hydrogens is 134 g/mol. The fourth-order valence-corrected chi connectivity index (χ4v) is 0.715. The number of hydrogen-bond donors (Lipinski definition) is 1. The van der Waals surface area contributed by atoms with Gasteiger partial charge in [0.1, 0.15) is 0 Å². The SMILES string of the molecule is C#C/C(C)=C\C(=C/C)NCC. The van der Waals surface area contributed by atoms with Crippen LogP contribution in [0.2, 0.25) is 0 Å². The van der Waals surface area contributed by atoms with Crippen LogP contribution in [0, 0.1) is 12.3 Å². The number of rotatable bonds is 3. The van der Waals surface area contributed by atoms with E-state index in [9.17, 15) is 0 Å². The zero-order chi connectivity index (χ0) is 8.69. The van der Waals surface area contributed by atoms with E-state index in [-0.39, 0.29) is 0 Å². The maximum absolute atomic E-state index is 5.20. The van der Waals surface area contributed by atoms with Crippen LogP contribution in [0.25, 0.3) is 0 Å². The Morgan fingerprint density at radius 1 is 1.64 bits per heavy atom. The molecule has 0 spiro atoms. The standard InChI is InChI=1S/C10H15N/c1-5-9(4)8-10(6-2)11-7-3/h1,6,8,11H,7H2,2-4H3/b9-8-,10-6+. The average Bonchev–Trinajstić information content (AvgIpc) is 2.03. The van der Waals surface area contributed by atoms with Crippen molar-refractivity contribution in [1.29, 1.82) is 0 Å². The monoisotopic (exact) mass is 149 g/mol. The molecule has 0 heterocycles. The Balaban J connectivity index is 4.22. The van der Waals surface area contributed by atoms with Crippen molar-refractivity contribution in [2.45, 2.75) is 20.8 Å². The van der Waals surface area contributed by atoms with Crippen molar-refractivity contribution >= 4 is 0 Å². The van der Waals surface area contributed by atoms with Crippen LogP contribution in [-0.2, 0) is 0 Å². The van der Waals surface area contributed by atoms with Gasteiger partial charge in [-0.15, -0.1) is 6.42 Å². The third-order valence-electron chi connectivity index (χ3n) is 1.29. The first-order valence-corrected chi connectivity index (χ1v) is 3.79. The molecule has 0 aliphatic carbocycles. The lowest BCUT2D eigenvalue weighted by atomic mass is 10.2. The van der Waals surface area contributed by atoms with Gasteiger partial charge in [-0.05, 0) is 26.8 Å². The molecule has 1 heteroatoms. The topological polar surface area (TPSA) is 12.0 Å². The smallest absolute Gasteiger partial charge is 0.0305 e. The van der Waals surface area contributed by atoms with Gasteiger partial charge in [-0.25, -0.2) is 0 Å². The number of hydrogen-bond acceptors (Lipinski definition) is 1. The van der Waals surface area contributed by atoms with E-state index < -0.39 is 0 Å². The Morgan fingerprint density at radius 3 is 2.64 bits per heavy atom. The highest BCUT2D eigenvalue weighted by Gasteiger charge is 1.87. The molecule has 0 saturated heterocycles. The first-order valence-electron chi connectivity index (χ1n) is 3.79. The maximum atomic E-state index is 5.20. The molecule has 0 aliphatic heterocycles. The molecule has 1 nitrogen and oxygen atoms in total. The van der Waals surface area contributed by atoms with Gasteiger partial charge in [0.05, 0.1) is 0 Å².